The predicted molar refractivity (Wildman–Crippen MR) is 130 cm³/mol. The third-order valence-corrected chi connectivity index (χ3v) is 5.64. The molecule has 36 heavy (non-hydrogen) atoms. The summed E-state index contributed by atoms with van der Waals surface area (Å²) >= 11 is 0. The first-order valence-corrected chi connectivity index (χ1v) is 10.8. The Balaban J connectivity index is 1.61. The number of amides is 1. The number of halogens is 3. The number of carbonyl (C=O) groups is 1. The van der Waals surface area contributed by atoms with Crippen molar-refractivity contribution in [1.29, 1.82) is 10.9 Å². The number of alkyl halides is 3. The van der Waals surface area contributed by atoms with Gasteiger partial charge >= 0.3 is 6.18 Å². The second kappa shape index (κ2) is 9.90. The van der Waals surface area contributed by atoms with Crippen LogP contribution in [0.25, 0.3) is 10.9 Å². The SMILES string of the molecule is Cn1c(C(=O)NCc2ccc(C(=N)NN=N)cc2)c(Nc2cccc(C(F)(F)F)c2)c2ccccc21. The molecule has 1 amide bonds. The third-order valence-electron chi connectivity index (χ3n) is 5.64. The largest absolute Gasteiger partial charge is 0.416 e. The van der Waals surface area contributed by atoms with Gasteiger partial charge in [-0.05, 0) is 29.8 Å². The van der Waals surface area contributed by atoms with Crippen LogP contribution in [0.5, 0.6) is 0 Å². The summed E-state index contributed by atoms with van der Waals surface area (Å²) in [4.78, 5) is 13.3. The van der Waals surface area contributed by atoms with Crippen molar-refractivity contribution in [1.82, 2.24) is 15.3 Å². The minimum absolute atomic E-state index is 0.0265. The molecule has 0 fully saturated rings. The van der Waals surface area contributed by atoms with Gasteiger partial charge < -0.3 is 15.2 Å². The van der Waals surface area contributed by atoms with Crippen LogP contribution in [0.2, 0.25) is 0 Å². The van der Waals surface area contributed by atoms with Crippen LogP contribution < -0.4 is 16.1 Å². The van der Waals surface area contributed by atoms with E-state index in [4.69, 9.17) is 10.9 Å². The van der Waals surface area contributed by atoms with E-state index in [9.17, 15) is 18.0 Å². The summed E-state index contributed by atoms with van der Waals surface area (Å²) in [7, 11) is 1.72. The molecule has 0 spiro atoms. The number of fused-ring (bicyclic) bond motifs is 1. The van der Waals surface area contributed by atoms with Crippen molar-refractivity contribution < 1.29 is 18.0 Å². The molecule has 11 heteroatoms. The van der Waals surface area contributed by atoms with Crippen molar-refractivity contribution in [3.8, 4) is 0 Å². The highest BCUT2D eigenvalue weighted by molar-refractivity contribution is 6.09. The van der Waals surface area contributed by atoms with Gasteiger partial charge in [0.25, 0.3) is 5.91 Å². The van der Waals surface area contributed by atoms with E-state index >= 15 is 0 Å². The van der Waals surface area contributed by atoms with E-state index in [1.54, 1.807) is 48.0 Å². The fraction of sp³-hybridized carbons (Fsp3) is 0.120. The standard InChI is InChI=1S/C25H22F3N7O/c1-35-20-8-3-2-7-19(20)21(32-18-6-4-5-17(13-18)25(26,27)28)22(35)24(36)31-14-15-9-11-16(12-10-15)23(29)33-34-30/h2-13,32H,14H2,1H3,(H,31,36)(H3,29,30,33). The maximum atomic E-state index is 13.3. The summed E-state index contributed by atoms with van der Waals surface area (Å²) in [6, 6.07) is 18.9. The first kappa shape index (κ1) is 24.5. The van der Waals surface area contributed by atoms with Gasteiger partial charge in [-0.15, -0.1) is 0 Å². The van der Waals surface area contributed by atoms with E-state index < -0.39 is 17.6 Å². The summed E-state index contributed by atoms with van der Waals surface area (Å²) in [5, 5.41) is 17.3. The molecule has 0 radical (unpaired) electrons. The van der Waals surface area contributed by atoms with Gasteiger partial charge in [-0.2, -0.15) is 18.7 Å². The minimum Gasteiger partial charge on any atom is -0.353 e. The Bertz CT molecular complexity index is 1440. The lowest BCUT2D eigenvalue weighted by Crippen LogP contribution is -2.25. The van der Waals surface area contributed by atoms with E-state index in [-0.39, 0.29) is 23.8 Å². The number of hydrogen-bond donors (Lipinski definition) is 5. The molecule has 0 saturated carbocycles. The summed E-state index contributed by atoms with van der Waals surface area (Å²) in [6.07, 6.45) is -4.49. The van der Waals surface area contributed by atoms with Crippen LogP contribution in [-0.2, 0) is 19.8 Å². The van der Waals surface area contributed by atoms with Crippen LogP contribution >= 0.6 is 0 Å². The number of hydrogen-bond acceptors (Lipinski definition) is 5. The number of para-hydroxylation sites is 1. The average Bonchev–Trinajstić information content (AvgIpc) is 3.14. The molecule has 0 saturated heterocycles. The quantitative estimate of drug-likeness (QED) is 0.0979. The Morgan fingerprint density at radius 2 is 1.75 bits per heavy atom. The van der Waals surface area contributed by atoms with E-state index in [0.717, 1.165) is 23.2 Å². The fourth-order valence-corrected chi connectivity index (χ4v) is 3.88. The Labute approximate surface area is 204 Å². The van der Waals surface area contributed by atoms with Crippen LogP contribution in [0.15, 0.2) is 78.0 Å². The molecule has 8 nitrogen and oxygen atoms in total. The van der Waals surface area contributed by atoms with Gasteiger partial charge in [-0.1, -0.05) is 53.8 Å². The van der Waals surface area contributed by atoms with Crippen molar-refractivity contribution in [3.63, 3.8) is 0 Å². The predicted octanol–water partition coefficient (Wildman–Crippen LogP) is 5.73. The molecule has 0 bridgehead atoms. The zero-order valence-corrected chi connectivity index (χ0v) is 19.1. The van der Waals surface area contributed by atoms with E-state index in [1.807, 2.05) is 12.1 Å². The van der Waals surface area contributed by atoms with E-state index in [0.29, 0.717) is 16.6 Å². The van der Waals surface area contributed by atoms with E-state index in [1.165, 1.54) is 12.1 Å². The van der Waals surface area contributed by atoms with Crippen LogP contribution in [0.4, 0.5) is 24.5 Å². The molecule has 4 aromatic rings. The molecule has 1 heterocycles. The normalized spacial score (nSPS) is 11.2. The lowest BCUT2D eigenvalue weighted by molar-refractivity contribution is -0.137. The molecule has 1 aromatic heterocycles. The molecule has 184 valence electrons. The number of amidine groups is 1. The second-order valence-corrected chi connectivity index (χ2v) is 7.98. The number of aryl methyl sites for hydroxylation is 1. The minimum atomic E-state index is -4.49. The monoisotopic (exact) mass is 493 g/mol. The van der Waals surface area contributed by atoms with Crippen LogP contribution in [-0.4, -0.2) is 16.3 Å². The van der Waals surface area contributed by atoms with Gasteiger partial charge in [0.05, 0.1) is 16.8 Å². The van der Waals surface area contributed by atoms with Gasteiger partial charge in [-0.3, -0.25) is 10.2 Å². The van der Waals surface area contributed by atoms with Crippen molar-refractivity contribution in [3.05, 3.63) is 95.2 Å². The number of nitrogens with zero attached hydrogens (tertiary/aromatic N) is 2. The number of anilines is 2. The van der Waals surface area contributed by atoms with Crippen LogP contribution in [0.3, 0.4) is 0 Å². The lowest BCUT2D eigenvalue weighted by Gasteiger charge is -2.13. The van der Waals surface area contributed by atoms with Crippen LogP contribution in [0.1, 0.15) is 27.2 Å². The van der Waals surface area contributed by atoms with Crippen molar-refractivity contribution in [2.45, 2.75) is 12.7 Å². The highest BCUT2D eigenvalue weighted by atomic mass is 19.4. The zero-order valence-electron chi connectivity index (χ0n) is 19.1. The molecule has 0 aliphatic heterocycles. The average molecular weight is 493 g/mol. The summed E-state index contributed by atoms with van der Waals surface area (Å²) in [6.45, 7) is 0.188. The lowest BCUT2D eigenvalue weighted by atomic mass is 10.1. The smallest absolute Gasteiger partial charge is 0.353 e. The zero-order chi connectivity index (χ0) is 25.9. The highest BCUT2D eigenvalue weighted by Gasteiger charge is 2.30. The van der Waals surface area contributed by atoms with Gasteiger partial charge in [0.1, 0.15) is 11.5 Å². The molecule has 0 aliphatic rings. The Hall–Kier alpha value is -4.67. The molecule has 4 rings (SSSR count). The summed E-state index contributed by atoms with van der Waals surface area (Å²) < 4.78 is 41.3. The summed E-state index contributed by atoms with van der Waals surface area (Å²) in [5.74, 6) is -0.434. The highest BCUT2D eigenvalue weighted by Crippen LogP contribution is 2.35. The fourth-order valence-electron chi connectivity index (χ4n) is 3.88. The van der Waals surface area contributed by atoms with Crippen LogP contribution in [0, 0.1) is 10.9 Å². The first-order valence-electron chi connectivity index (χ1n) is 10.8. The topological polar surface area (TPSA) is 118 Å². The molecular weight excluding hydrogens is 471 g/mol. The second-order valence-electron chi connectivity index (χ2n) is 7.98. The Morgan fingerprint density at radius 1 is 1.03 bits per heavy atom. The maximum Gasteiger partial charge on any atom is 0.416 e. The molecule has 5 N–H and O–H groups in total. The number of aromatic nitrogens is 1. The number of rotatable bonds is 7. The molecule has 0 atom stereocenters. The van der Waals surface area contributed by atoms with Crippen molar-refractivity contribution >= 4 is 34.0 Å². The third kappa shape index (κ3) is 5.04. The number of nitrogens with one attached hydrogen (secondary N) is 5. The molecular formula is C25H22F3N7O. The molecule has 0 aliphatic carbocycles. The van der Waals surface area contributed by atoms with Gasteiger partial charge in [0.2, 0.25) is 0 Å². The summed E-state index contributed by atoms with van der Waals surface area (Å²) in [5.41, 5.74) is 11.2. The van der Waals surface area contributed by atoms with Gasteiger partial charge in [-0.25, -0.2) is 5.43 Å². The molecule has 0 unspecified atom stereocenters. The van der Waals surface area contributed by atoms with Gasteiger partial charge in [0, 0.05) is 30.2 Å². The maximum absolute atomic E-state index is 13.3. The Kier molecular flexibility index (Phi) is 6.73. The van der Waals surface area contributed by atoms with Gasteiger partial charge in [0.15, 0.2) is 0 Å². The number of carbonyl (C=O) groups excluding carboxylic acids is 1. The first-order chi connectivity index (χ1) is 17.2. The molecule has 3 aromatic carbocycles. The van der Waals surface area contributed by atoms with Crippen molar-refractivity contribution in [2.24, 2.45) is 12.3 Å². The number of benzene rings is 3. The van der Waals surface area contributed by atoms with Crippen molar-refractivity contribution in [2.75, 3.05) is 5.32 Å². The Morgan fingerprint density at radius 3 is 2.44 bits per heavy atom. The van der Waals surface area contributed by atoms with E-state index in [2.05, 4.69) is 21.3 Å².